The Kier molecular flexibility index (Phi) is 5.11. The average molecular weight is 310 g/mol. The molecule has 3 rings (SSSR count). The Morgan fingerprint density at radius 3 is 2.70 bits per heavy atom. The first-order chi connectivity index (χ1) is 11.3. The molecule has 1 aromatic heterocycles. The van der Waals surface area contributed by atoms with Crippen LogP contribution < -0.4 is 9.80 Å². The highest BCUT2D eigenvalue weighted by Gasteiger charge is 2.23. The second-order valence-corrected chi connectivity index (χ2v) is 6.05. The standard InChI is InChI=1S/C19H26N4/c1-3-16-10-8-9-15-23(16)18-13-14-20-19(21-18)22(4-2)17-11-6-5-7-12-17/h5-7,11-14,16H,3-4,8-10,15H2,1-2H3. The molecule has 4 nitrogen and oxygen atoms in total. The summed E-state index contributed by atoms with van der Waals surface area (Å²) < 4.78 is 0. The SMILES string of the molecule is CCC1CCCCN1c1ccnc(N(CC)c2ccccc2)n1. The molecule has 0 saturated carbocycles. The topological polar surface area (TPSA) is 32.3 Å². The lowest BCUT2D eigenvalue weighted by Gasteiger charge is -2.36. The van der Waals surface area contributed by atoms with Crippen molar-refractivity contribution in [2.45, 2.75) is 45.6 Å². The molecule has 23 heavy (non-hydrogen) atoms. The van der Waals surface area contributed by atoms with Crippen molar-refractivity contribution in [1.29, 1.82) is 0 Å². The van der Waals surface area contributed by atoms with E-state index in [1.807, 2.05) is 12.3 Å². The predicted octanol–water partition coefficient (Wildman–Crippen LogP) is 4.40. The predicted molar refractivity (Wildman–Crippen MR) is 96.4 cm³/mol. The molecule has 0 radical (unpaired) electrons. The lowest BCUT2D eigenvalue weighted by molar-refractivity contribution is 0.446. The minimum Gasteiger partial charge on any atom is -0.353 e. The monoisotopic (exact) mass is 310 g/mol. The molecule has 122 valence electrons. The minimum absolute atomic E-state index is 0.610. The Balaban J connectivity index is 1.89. The van der Waals surface area contributed by atoms with Gasteiger partial charge in [-0.1, -0.05) is 25.1 Å². The third-order valence-corrected chi connectivity index (χ3v) is 4.65. The fourth-order valence-corrected chi connectivity index (χ4v) is 3.40. The summed E-state index contributed by atoms with van der Waals surface area (Å²) in [6, 6.07) is 13.0. The van der Waals surface area contributed by atoms with E-state index in [2.05, 4.69) is 59.0 Å². The van der Waals surface area contributed by atoms with E-state index >= 15 is 0 Å². The van der Waals surface area contributed by atoms with Crippen molar-refractivity contribution in [1.82, 2.24) is 9.97 Å². The Bertz CT molecular complexity index is 614. The zero-order chi connectivity index (χ0) is 16.1. The van der Waals surface area contributed by atoms with E-state index < -0.39 is 0 Å². The number of aromatic nitrogens is 2. The van der Waals surface area contributed by atoms with Gasteiger partial charge in [-0.15, -0.1) is 0 Å². The molecule has 1 unspecified atom stereocenters. The molecule has 1 aliphatic rings. The average Bonchev–Trinajstić information content (AvgIpc) is 2.63. The van der Waals surface area contributed by atoms with E-state index in [-0.39, 0.29) is 0 Å². The molecule has 1 aromatic carbocycles. The van der Waals surface area contributed by atoms with Crippen LogP contribution in [0.25, 0.3) is 0 Å². The highest BCUT2D eigenvalue weighted by atomic mass is 15.3. The number of rotatable bonds is 5. The quantitative estimate of drug-likeness (QED) is 0.819. The molecule has 1 atom stereocenters. The van der Waals surface area contributed by atoms with Crippen LogP contribution in [0.4, 0.5) is 17.5 Å². The largest absolute Gasteiger partial charge is 0.353 e. The molecule has 2 aromatic rings. The molecule has 0 amide bonds. The van der Waals surface area contributed by atoms with Gasteiger partial charge in [0.25, 0.3) is 0 Å². The Labute approximate surface area is 139 Å². The summed E-state index contributed by atoms with van der Waals surface area (Å²) in [4.78, 5) is 14.0. The van der Waals surface area contributed by atoms with Gasteiger partial charge in [-0.25, -0.2) is 4.98 Å². The summed E-state index contributed by atoms with van der Waals surface area (Å²) in [5, 5.41) is 0. The zero-order valence-corrected chi connectivity index (χ0v) is 14.2. The Hall–Kier alpha value is -2.10. The lowest BCUT2D eigenvalue weighted by atomic mass is 10.0. The Morgan fingerprint density at radius 2 is 1.96 bits per heavy atom. The summed E-state index contributed by atoms with van der Waals surface area (Å²) in [6.45, 7) is 6.36. The smallest absolute Gasteiger partial charge is 0.231 e. The van der Waals surface area contributed by atoms with E-state index in [1.54, 1.807) is 0 Å². The maximum absolute atomic E-state index is 4.88. The van der Waals surface area contributed by atoms with E-state index in [4.69, 9.17) is 4.98 Å². The summed E-state index contributed by atoms with van der Waals surface area (Å²) in [5.41, 5.74) is 1.14. The van der Waals surface area contributed by atoms with Gasteiger partial charge in [0.15, 0.2) is 0 Å². The highest BCUT2D eigenvalue weighted by Crippen LogP contribution is 2.27. The van der Waals surface area contributed by atoms with E-state index in [1.165, 1.54) is 25.7 Å². The van der Waals surface area contributed by atoms with Gasteiger partial charge in [0.05, 0.1) is 0 Å². The van der Waals surface area contributed by atoms with Crippen molar-refractivity contribution in [3.63, 3.8) is 0 Å². The second kappa shape index (κ2) is 7.44. The van der Waals surface area contributed by atoms with Gasteiger partial charge >= 0.3 is 0 Å². The first-order valence-corrected chi connectivity index (χ1v) is 8.75. The van der Waals surface area contributed by atoms with Crippen LogP contribution in [-0.2, 0) is 0 Å². The van der Waals surface area contributed by atoms with Crippen LogP contribution >= 0.6 is 0 Å². The van der Waals surface area contributed by atoms with Gasteiger partial charge < -0.3 is 9.80 Å². The van der Waals surface area contributed by atoms with Crippen molar-refractivity contribution >= 4 is 17.5 Å². The van der Waals surface area contributed by atoms with Crippen molar-refractivity contribution < 1.29 is 0 Å². The molecule has 1 aliphatic heterocycles. The number of piperidine rings is 1. The summed E-state index contributed by atoms with van der Waals surface area (Å²) in [6.07, 6.45) is 6.93. The van der Waals surface area contributed by atoms with E-state index in [0.717, 1.165) is 30.5 Å². The molecular formula is C19H26N4. The van der Waals surface area contributed by atoms with E-state index in [9.17, 15) is 0 Å². The van der Waals surface area contributed by atoms with Gasteiger partial charge in [0.1, 0.15) is 5.82 Å². The third kappa shape index (κ3) is 3.46. The molecule has 4 heteroatoms. The molecule has 2 heterocycles. The zero-order valence-electron chi connectivity index (χ0n) is 14.2. The molecule has 0 bridgehead atoms. The fourth-order valence-electron chi connectivity index (χ4n) is 3.40. The van der Waals surface area contributed by atoms with Crippen LogP contribution in [-0.4, -0.2) is 29.1 Å². The van der Waals surface area contributed by atoms with Crippen LogP contribution in [0.1, 0.15) is 39.5 Å². The molecule has 0 N–H and O–H groups in total. The van der Waals surface area contributed by atoms with Crippen molar-refractivity contribution in [3.8, 4) is 0 Å². The second-order valence-electron chi connectivity index (χ2n) is 6.05. The minimum atomic E-state index is 0.610. The summed E-state index contributed by atoms with van der Waals surface area (Å²) in [5.74, 6) is 1.85. The fraction of sp³-hybridized carbons (Fsp3) is 0.474. The molecule has 0 spiro atoms. The van der Waals surface area contributed by atoms with Crippen molar-refractivity contribution in [3.05, 3.63) is 42.6 Å². The lowest BCUT2D eigenvalue weighted by Crippen LogP contribution is -2.39. The highest BCUT2D eigenvalue weighted by molar-refractivity contribution is 5.58. The number of hydrogen-bond acceptors (Lipinski definition) is 4. The number of para-hydroxylation sites is 1. The third-order valence-electron chi connectivity index (χ3n) is 4.65. The maximum atomic E-state index is 4.88. The van der Waals surface area contributed by atoms with Gasteiger partial charge in [-0.2, -0.15) is 4.98 Å². The van der Waals surface area contributed by atoms with Gasteiger partial charge in [-0.3, -0.25) is 0 Å². The molecule has 0 aliphatic carbocycles. The molecule has 1 fully saturated rings. The van der Waals surface area contributed by atoms with Crippen LogP contribution in [0.3, 0.4) is 0 Å². The number of anilines is 3. The van der Waals surface area contributed by atoms with Gasteiger partial charge in [0, 0.05) is 31.0 Å². The molecular weight excluding hydrogens is 284 g/mol. The maximum Gasteiger partial charge on any atom is 0.231 e. The van der Waals surface area contributed by atoms with Crippen molar-refractivity contribution in [2.24, 2.45) is 0 Å². The Morgan fingerprint density at radius 1 is 1.13 bits per heavy atom. The molecule has 1 saturated heterocycles. The van der Waals surface area contributed by atoms with Gasteiger partial charge in [0.2, 0.25) is 5.95 Å². The van der Waals surface area contributed by atoms with Crippen LogP contribution in [0.15, 0.2) is 42.6 Å². The van der Waals surface area contributed by atoms with Crippen molar-refractivity contribution in [2.75, 3.05) is 22.9 Å². The number of nitrogens with zero attached hydrogens (tertiary/aromatic N) is 4. The number of hydrogen-bond donors (Lipinski definition) is 0. The van der Waals surface area contributed by atoms with Crippen LogP contribution in [0, 0.1) is 0 Å². The first-order valence-electron chi connectivity index (χ1n) is 8.75. The number of benzene rings is 1. The first kappa shape index (κ1) is 15.8. The van der Waals surface area contributed by atoms with Crippen LogP contribution in [0.5, 0.6) is 0 Å². The summed E-state index contributed by atoms with van der Waals surface area (Å²) in [7, 11) is 0. The summed E-state index contributed by atoms with van der Waals surface area (Å²) >= 11 is 0. The van der Waals surface area contributed by atoms with E-state index in [0.29, 0.717) is 6.04 Å². The van der Waals surface area contributed by atoms with Crippen LogP contribution in [0.2, 0.25) is 0 Å². The normalized spacial score (nSPS) is 18.0. The van der Waals surface area contributed by atoms with Gasteiger partial charge in [-0.05, 0) is 50.8 Å².